The minimum absolute atomic E-state index is 0. The van der Waals surface area contributed by atoms with Crippen LogP contribution in [0.25, 0.3) is 43.8 Å². The zero-order chi connectivity index (χ0) is 27.2. The Kier molecular flexibility index (Phi) is 17.5. The third-order valence-electron chi connectivity index (χ3n) is 7.14. The predicted molar refractivity (Wildman–Crippen MR) is 191 cm³/mol. The van der Waals surface area contributed by atoms with Crippen molar-refractivity contribution in [3.05, 3.63) is 146 Å². The van der Waals surface area contributed by atoms with Crippen LogP contribution in [-0.4, -0.2) is 6.88 Å². The average Bonchev–Trinajstić information content (AvgIpc) is 3.56. The summed E-state index contributed by atoms with van der Waals surface area (Å²) in [6.07, 6.45) is 0. The topological polar surface area (TPSA) is 0 Å². The van der Waals surface area contributed by atoms with Crippen molar-refractivity contribution in [1.29, 1.82) is 0 Å². The molecule has 220 valence electrons. The third kappa shape index (κ3) is 9.14. The van der Waals surface area contributed by atoms with E-state index in [9.17, 15) is 0 Å². The van der Waals surface area contributed by atoms with E-state index in [-0.39, 0.29) is 39.7 Å². The minimum atomic E-state index is 0. The maximum absolute atomic E-state index is 3.06. The Morgan fingerprint density at radius 1 is 0.619 bits per heavy atom. The molecule has 0 atom stereocenters. The second kappa shape index (κ2) is 18.4. The first-order valence-corrected chi connectivity index (χ1v) is 17.3. The third-order valence-corrected chi connectivity index (χ3v) is 7.14. The Morgan fingerprint density at radius 2 is 1.21 bits per heavy atom. The molecular weight excluding hydrogens is 647 g/mol. The van der Waals surface area contributed by atoms with Crippen molar-refractivity contribution >= 4 is 53.2 Å². The van der Waals surface area contributed by atoms with E-state index in [1.807, 2.05) is 0 Å². The van der Waals surface area contributed by atoms with Crippen LogP contribution in [0.15, 0.2) is 109 Å². The van der Waals surface area contributed by atoms with Gasteiger partial charge in [-0.05, 0) is 24.0 Å². The van der Waals surface area contributed by atoms with Gasteiger partial charge in [0, 0.05) is 0 Å². The molecule has 0 nitrogen and oxygen atoms in total. The molecule has 0 bridgehead atoms. The Morgan fingerprint density at radius 3 is 1.83 bits per heavy atom. The van der Waals surface area contributed by atoms with Crippen LogP contribution in [-0.2, 0) is 23.3 Å². The molecule has 0 fully saturated rings. The molecule has 42 heavy (non-hydrogen) atoms. The van der Waals surface area contributed by atoms with Crippen molar-refractivity contribution in [3.8, 4) is 22.3 Å². The predicted octanol–water partition coefficient (Wildman–Crippen LogP) is 11.9. The van der Waals surface area contributed by atoms with Gasteiger partial charge < -0.3 is 14.9 Å². The van der Waals surface area contributed by atoms with Crippen LogP contribution >= 0.6 is 24.8 Å². The van der Waals surface area contributed by atoms with Gasteiger partial charge in [0.25, 0.3) is 0 Å². The van der Waals surface area contributed by atoms with E-state index in [4.69, 9.17) is 0 Å². The number of benzene rings is 4. The van der Waals surface area contributed by atoms with Crippen LogP contribution in [0.5, 0.6) is 0 Å². The summed E-state index contributed by atoms with van der Waals surface area (Å²) in [5.74, 6) is 0.582. The number of aryl methyl sites for hydroxylation is 3. The maximum atomic E-state index is 3.06. The summed E-state index contributed by atoms with van der Waals surface area (Å²) in [4.78, 5) is 0. The zero-order valence-electron chi connectivity index (χ0n) is 25.8. The van der Waals surface area contributed by atoms with E-state index in [1.54, 1.807) is 0 Å². The summed E-state index contributed by atoms with van der Waals surface area (Å²) in [5.41, 5.74) is 10.7. The molecule has 0 spiro atoms. The Bertz CT molecular complexity index is 1640. The summed E-state index contributed by atoms with van der Waals surface area (Å²) in [5, 5.41) is 5.47. The standard InChI is InChI=1S/C19H19.C17H15.2CH3.2ClH.Si.Zr/c1-13(2)17-11-16-5-4-6-18(19(16)12-17)15-9-7-14(3)8-10-15;1-12-10-16-13(2)8-9-15(17(16)11-12)14-6-4-3-5-7-14;;;;;;/h4-13H,1-3H3;3-11H,1-2H3;2*1H3;2*1H;;/q4*-1;;;;. The number of hydrogen-bond acceptors (Lipinski definition) is 0. The zero-order valence-corrected chi connectivity index (χ0v) is 30.9. The van der Waals surface area contributed by atoms with E-state index in [2.05, 4.69) is 151 Å². The van der Waals surface area contributed by atoms with Gasteiger partial charge in [-0.3, -0.25) is 0 Å². The number of hydrogen-bond donors (Lipinski definition) is 0. The molecule has 0 saturated carbocycles. The molecule has 0 N–H and O–H groups in total. The van der Waals surface area contributed by atoms with Crippen LogP contribution < -0.4 is 0 Å². The van der Waals surface area contributed by atoms with Crippen LogP contribution in [0.2, 0.25) is 0 Å². The van der Waals surface area contributed by atoms with Crippen molar-refractivity contribution in [2.24, 2.45) is 0 Å². The fourth-order valence-electron chi connectivity index (χ4n) is 5.04. The fourth-order valence-corrected chi connectivity index (χ4v) is 5.04. The number of rotatable bonds is 3. The van der Waals surface area contributed by atoms with Gasteiger partial charge >= 0.3 is 30.2 Å². The van der Waals surface area contributed by atoms with Crippen LogP contribution in [0.1, 0.15) is 42.0 Å². The fraction of sp³-hybridized carbons (Fsp3) is 0.158. The van der Waals surface area contributed by atoms with E-state index in [0.29, 0.717) is 5.92 Å². The monoisotopic (exact) mass is 686 g/mol. The Balaban J connectivity index is 0.000000696. The molecule has 6 aromatic carbocycles. The molecule has 0 aliphatic heterocycles. The molecule has 0 unspecified atom stereocenters. The van der Waals surface area contributed by atoms with Crippen molar-refractivity contribution in [2.75, 3.05) is 0 Å². The van der Waals surface area contributed by atoms with Gasteiger partial charge in [0.1, 0.15) is 0 Å². The molecule has 0 aromatic heterocycles. The molecule has 6 aromatic rings. The molecule has 4 heteroatoms. The van der Waals surface area contributed by atoms with Crippen LogP contribution in [0, 0.1) is 35.6 Å². The summed E-state index contributed by atoms with van der Waals surface area (Å²) in [7, 11) is 0. The van der Waals surface area contributed by atoms with Crippen molar-refractivity contribution in [3.63, 3.8) is 0 Å². The molecule has 0 heterocycles. The summed E-state index contributed by atoms with van der Waals surface area (Å²) < 4.78 is 0. The molecule has 6 rings (SSSR count). The first-order valence-electron chi connectivity index (χ1n) is 13.1. The average molecular weight is 689 g/mol. The first-order chi connectivity index (χ1) is 18.4. The first kappa shape index (κ1) is 39.8. The summed E-state index contributed by atoms with van der Waals surface area (Å²) in [6.45, 7) is 14.0. The van der Waals surface area contributed by atoms with E-state index in [0.717, 1.165) is 0 Å². The summed E-state index contributed by atoms with van der Waals surface area (Å²) in [6, 6.07) is 39.6. The van der Waals surface area contributed by atoms with Crippen molar-refractivity contribution in [1.82, 2.24) is 0 Å². The van der Waals surface area contributed by atoms with Gasteiger partial charge in [-0.1, -0.05) is 111 Å². The van der Waals surface area contributed by atoms with Crippen molar-refractivity contribution in [2.45, 2.75) is 40.5 Å². The molecule has 0 saturated heterocycles. The quantitative estimate of drug-likeness (QED) is 0.128. The molecular formula is C38H42Cl2SiZr-4. The van der Waals surface area contributed by atoms with Gasteiger partial charge in [-0.15, -0.1) is 93.4 Å². The Labute approximate surface area is 283 Å². The normalized spacial score (nSPS) is 9.64. The number of fused-ring (bicyclic) bond motifs is 2. The van der Waals surface area contributed by atoms with Gasteiger partial charge in [-0.2, -0.15) is 12.1 Å². The van der Waals surface area contributed by atoms with Gasteiger partial charge in [0.15, 0.2) is 0 Å². The van der Waals surface area contributed by atoms with E-state index >= 15 is 0 Å². The van der Waals surface area contributed by atoms with E-state index in [1.165, 1.54) is 89.4 Å². The summed E-state index contributed by atoms with van der Waals surface area (Å²) >= 11 is 1.36. The molecule has 2 radical (unpaired) electrons. The van der Waals surface area contributed by atoms with Gasteiger partial charge in [0.05, 0.1) is 0 Å². The van der Waals surface area contributed by atoms with E-state index < -0.39 is 0 Å². The molecule has 0 aliphatic rings. The second-order valence-corrected chi connectivity index (χ2v) is 10.3. The van der Waals surface area contributed by atoms with Crippen molar-refractivity contribution < 1.29 is 23.3 Å². The van der Waals surface area contributed by atoms with Gasteiger partial charge in [-0.25, -0.2) is 0 Å². The van der Waals surface area contributed by atoms with Gasteiger partial charge in [0.2, 0.25) is 0 Å². The van der Waals surface area contributed by atoms with Crippen LogP contribution in [0.4, 0.5) is 0 Å². The molecule has 0 amide bonds. The Hall–Kier alpha value is -2.22. The molecule has 0 aliphatic carbocycles. The number of halogens is 2. The second-order valence-electron chi connectivity index (χ2n) is 10.3. The van der Waals surface area contributed by atoms with Crippen LogP contribution in [0.3, 0.4) is 0 Å². The SMILES string of the molecule is Cc1cc2c(-c3ccccc3)ccc(C)c2[cH-]1.Cc1ccc(-c2cccc3[cH-]c(C(C)C)cc23)cc1.Cl.Cl.[CH3-].[CH3-].[Si]=[Zr].